The molecular weight excluding hydrogens is 246 g/mol. The third kappa shape index (κ3) is 2.34. The largest absolute Gasteiger partial charge is 0.357 e. The van der Waals surface area contributed by atoms with Gasteiger partial charge in [0.15, 0.2) is 5.78 Å². The van der Waals surface area contributed by atoms with E-state index in [1.165, 1.54) is 11.1 Å². The Morgan fingerprint density at radius 1 is 0.900 bits per heavy atom. The Bertz CT molecular complexity index is 613. The van der Waals surface area contributed by atoms with Crippen LogP contribution in [0.2, 0.25) is 0 Å². The van der Waals surface area contributed by atoms with Gasteiger partial charge in [-0.25, -0.2) is 0 Å². The SMILES string of the molecule is Cc1ccc(C2C(=O)CCN2c2ccc(C)cc2)cc1. The summed E-state index contributed by atoms with van der Waals surface area (Å²) in [6, 6.07) is 16.6. The molecule has 3 rings (SSSR count). The van der Waals surface area contributed by atoms with Gasteiger partial charge in [-0.15, -0.1) is 0 Å². The predicted octanol–water partition coefficient (Wildman–Crippen LogP) is 3.82. The van der Waals surface area contributed by atoms with Gasteiger partial charge in [0.05, 0.1) is 0 Å². The predicted molar refractivity (Wildman–Crippen MR) is 82.1 cm³/mol. The number of carbonyl (C=O) groups is 1. The number of hydrogen-bond donors (Lipinski definition) is 0. The van der Waals surface area contributed by atoms with E-state index in [1.54, 1.807) is 0 Å². The molecule has 1 saturated heterocycles. The van der Waals surface area contributed by atoms with Gasteiger partial charge in [0.1, 0.15) is 6.04 Å². The second kappa shape index (κ2) is 5.12. The lowest BCUT2D eigenvalue weighted by molar-refractivity contribution is -0.118. The first kappa shape index (κ1) is 12.9. The normalized spacial score (nSPS) is 18.6. The molecule has 2 nitrogen and oxygen atoms in total. The molecule has 0 bridgehead atoms. The minimum atomic E-state index is -0.127. The van der Waals surface area contributed by atoms with Crippen molar-refractivity contribution in [3.8, 4) is 0 Å². The molecule has 1 unspecified atom stereocenters. The highest BCUT2D eigenvalue weighted by molar-refractivity contribution is 5.92. The molecule has 0 aromatic heterocycles. The maximum Gasteiger partial charge on any atom is 0.161 e. The van der Waals surface area contributed by atoms with Crippen molar-refractivity contribution in [2.45, 2.75) is 26.3 Å². The van der Waals surface area contributed by atoms with Crippen molar-refractivity contribution >= 4 is 11.5 Å². The molecule has 2 aromatic carbocycles. The highest BCUT2D eigenvalue weighted by atomic mass is 16.1. The summed E-state index contributed by atoms with van der Waals surface area (Å²) in [4.78, 5) is 14.5. The first-order valence-corrected chi connectivity index (χ1v) is 7.08. The molecular formula is C18H19NO. The molecule has 102 valence electrons. The van der Waals surface area contributed by atoms with Crippen molar-refractivity contribution in [3.05, 3.63) is 65.2 Å². The lowest BCUT2D eigenvalue weighted by atomic mass is 10.0. The molecule has 1 aliphatic heterocycles. The number of ketones is 1. The van der Waals surface area contributed by atoms with Gasteiger partial charge < -0.3 is 4.90 Å². The van der Waals surface area contributed by atoms with E-state index >= 15 is 0 Å². The van der Waals surface area contributed by atoms with Crippen molar-refractivity contribution in [2.75, 3.05) is 11.4 Å². The number of aryl methyl sites for hydroxylation is 2. The molecule has 1 fully saturated rings. The first-order chi connectivity index (χ1) is 9.65. The zero-order valence-corrected chi connectivity index (χ0v) is 12.0. The number of anilines is 1. The van der Waals surface area contributed by atoms with Gasteiger partial charge in [0.2, 0.25) is 0 Å². The standard InChI is InChI=1S/C18H19NO/c1-13-3-7-15(8-4-13)18-17(20)11-12-19(18)16-9-5-14(2)6-10-16/h3-10,18H,11-12H2,1-2H3. The monoisotopic (exact) mass is 265 g/mol. The molecule has 0 N–H and O–H groups in total. The Morgan fingerprint density at radius 2 is 1.45 bits per heavy atom. The number of Topliss-reactive ketones (excluding diaryl/α,β-unsaturated/α-hetero) is 1. The number of carbonyl (C=O) groups excluding carboxylic acids is 1. The zero-order chi connectivity index (χ0) is 14.1. The molecule has 1 heterocycles. The van der Waals surface area contributed by atoms with E-state index in [4.69, 9.17) is 0 Å². The van der Waals surface area contributed by atoms with Gasteiger partial charge in [-0.3, -0.25) is 4.79 Å². The lowest BCUT2D eigenvalue weighted by Crippen LogP contribution is -2.25. The van der Waals surface area contributed by atoms with Crippen LogP contribution in [-0.4, -0.2) is 12.3 Å². The van der Waals surface area contributed by atoms with Gasteiger partial charge in [-0.2, -0.15) is 0 Å². The highest BCUT2D eigenvalue weighted by Gasteiger charge is 2.33. The molecule has 0 radical (unpaired) electrons. The van der Waals surface area contributed by atoms with Crippen molar-refractivity contribution in [1.82, 2.24) is 0 Å². The van der Waals surface area contributed by atoms with Crippen LogP contribution < -0.4 is 4.90 Å². The topological polar surface area (TPSA) is 20.3 Å². The average Bonchev–Trinajstić information content (AvgIpc) is 2.83. The van der Waals surface area contributed by atoms with Crippen LogP contribution in [0.1, 0.15) is 29.2 Å². The molecule has 2 aromatic rings. The highest BCUT2D eigenvalue weighted by Crippen LogP contribution is 2.33. The average molecular weight is 265 g/mol. The van der Waals surface area contributed by atoms with E-state index in [0.29, 0.717) is 12.2 Å². The fourth-order valence-electron chi connectivity index (χ4n) is 2.80. The van der Waals surface area contributed by atoms with Crippen LogP contribution in [0.4, 0.5) is 5.69 Å². The van der Waals surface area contributed by atoms with Crippen LogP contribution in [-0.2, 0) is 4.79 Å². The van der Waals surface area contributed by atoms with Crippen LogP contribution in [0.25, 0.3) is 0 Å². The van der Waals surface area contributed by atoms with Crippen LogP contribution in [0.5, 0.6) is 0 Å². The summed E-state index contributed by atoms with van der Waals surface area (Å²) in [5, 5.41) is 0. The fraction of sp³-hybridized carbons (Fsp3) is 0.278. The Morgan fingerprint density at radius 3 is 2.05 bits per heavy atom. The van der Waals surface area contributed by atoms with E-state index in [0.717, 1.165) is 17.8 Å². The third-order valence-corrected chi connectivity index (χ3v) is 3.97. The quantitative estimate of drug-likeness (QED) is 0.822. The van der Waals surface area contributed by atoms with Crippen LogP contribution in [0.3, 0.4) is 0 Å². The summed E-state index contributed by atoms with van der Waals surface area (Å²) in [5.74, 6) is 0.314. The smallest absolute Gasteiger partial charge is 0.161 e. The Balaban J connectivity index is 1.96. The fourth-order valence-corrected chi connectivity index (χ4v) is 2.80. The molecule has 0 aliphatic carbocycles. The summed E-state index contributed by atoms with van der Waals surface area (Å²) >= 11 is 0. The van der Waals surface area contributed by atoms with Crippen LogP contribution in [0.15, 0.2) is 48.5 Å². The summed E-state index contributed by atoms with van der Waals surface area (Å²) in [6.07, 6.45) is 0.631. The summed E-state index contributed by atoms with van der Waals surface area (Å²) in [5.41, 5.74) is 4.69. The van der Waals surface area contributed by atoms with Gasteiger partial charge in [-0.05, 0) is 31.5 Å². The minimum absolute atomic E-state index is 0.127. The molecule has 20 heavy (non-hydrogen) atoms. The molecule has 1 aliphatic rings. The summed E-state index contributed by atoms with van der Waals surface area (Å²) in [6.45, 7) is 4.95. The number of hydrogen-bond acceptors (Lipinski definition) is 2. The van der Waals surface area contributed by atoms with Gasteiger partial charge in [0, 0.05) is 18.7 Å². The number of nitrogens with zero attached hydrogens (tertiary/aromatic N) is 1. The minimum Gasteiger partial charge on any atom is -0.357 e. The van der Waals surface area contributed by atoms with Crippen LogP contribution >= 0.6 is 0 Å². The molecule has 0 saturated carbocycles. The van der Waals surface area contributed by atoms with E-state index < -0.39 is 0 Å². The number of benzene rings is 2. The van der Waals surface area contributed by atoms with E-state index in [1.807, 2.05) is 0 Å². The third-order valence-electron chi connectivity index (χ3n) is 3.97. The number of rotatable bonds is 2. The first-order valence-electron chi connectivity index (χ1n) is 7.08. The molecule has 0 spiro atoms. The van der Waals surface area contributed by atoms with E-state index in [2.05, 4.69) is 67.3 Å². The Hall–Kier alpha value is -2.09. The Kier molecular flexibility index (Phi) is 3.31. The van der Waals surface area contributed by atoms with Crippen molar-refractivity contribution < 1.29 is 4.79 Å². The summed E-state index contributed by atoms with van der Waals surface area (Å²) in [7, 11) is 0. The van der Waals surface area contributed by atoms with Crippen molar-refractivity contribution in [3.63, 3.8) is 0 Å². The van der Waals surface area contributed by atoms with Crippen molar-refractivity contribution in [1.29, 1.82) is 0 Å². The zero-order valence-electron chi connectivity index (χ0n) is 12.0. The maximum absolute atomic E-state index is 12.3. The van der Waals surface area contributed by atoms with Crippen LogP contribution in [0, 0.1) is 13.8 Å². The second-order valence-corrected chi connectivity index (χ2v) is 5.56. The summed E-state index contributed by atoms with van der Waals surface area (Å²) < 4.78 is 0. The van der Waals surface area contributed by atoms with E-state index in [-0.39, 0.29) is 6.04 Å². The molecule has 0 amide bonds. The van der Waals surface area contributed by atoms with Gasteiger partial charge in [-0.1, -0.05) is 47.5 Å². The lowest BCUT2D eigenvalue weighted by Gasteiger charge is -2.26. The van der Waals surface area contributed by atoms with E-state index in [9.17, 15) is 4.79 Å². The maximum atomic E-state index is 12.3. The Labute approximate surface area is 120 Å². The second-order valence-electron chi connectivity index (χ2n) is 5.56. The van der Waals surface area contributed by atoms with Gasteiger partial charge >= 0.3 is 0 Å². The van der Waals surface area contributed by atoms with Crippen molar-refractivity contribution in [2.24, 2.45) is 0 Å². The molecule has 1 atom stereocenters. The molecule has 2 heteroatoms. The van der Waals surface area contributed by atoms with Gasteiger partial charge in [0.25, 0.3) is 0 Å².